The molecule has 0 radical (unpaired) electrons. The highest BCUT2D eigenvalue weighted by Crippen LogP contribution is 2.25. The third-order valence-electron chi connectivity index (χ3n) is 5.30. The van der Waals surface area contributed by atoms with E-state index in [1.807, 2.05) is 29.2 Å². The molecule has 1 atom stereocenters. The first-order valence-electron chi connectivity index (χ1n) is 9.67. The standard InChI is InChI=1S/C20H29N3O2S.ClH/c21-16-10-11-23(13-16)20(25)17-8-4-5-9-18(17)26-14-19(24)22-12-15-6-2-1-3-7-15;/h4-5,8-9,15-16H,1-3,6-7,10-14,21H2,(H,22,24);1H/t16-;/m1./s1. The van der Waals surface area contributed by atoms with Gasteiger partial charge in [0.1, 0.15) is 0 Å². The zero-order valence-electron chi connectivity index (χ0n) is 15.7. The molecule has 2 amide bonds. The summed E-state index contributed by atoms with van der Waals surface area (Å²) >= 11 is 1.44. The molecule has 0 spiro atoms. The molecule has 1 aromatic carbocycles. The third kappa shape index (κ3) is 6.40. The van der Waals surface area contributed by atoms with Gasteiger partial charge in [0, 0.05) is 30.6 Å². The average Bonchev–Trinajstić information content (AvgIpc) is 3.11. The Morgan fingerprint density at radius 1 is 1.15 bits per heavy atom. The van der Waals surface area contributed by atoms with Crippen molar-refractivity contribution in [2.24, 2.45) is 11.7 Å². The van der Waals surface area contributed by atoms with E-state index in [2.05, 4.69) is 5.32 Å². The quantitative estimate of drug-likeness (QED) is 0.705. The number of carbonyl (C=O) groups is 2. The van der Waals surface area contributed by atoms with Crippen LogP contribution < -0.4 is 11.1 Å². The van der Waals surface area contributed by atoms with Crippen LogP contribution in [0.5, 0.6) is 0 Å². The summed E-state index contributed by atoms with van der Waals surface area (Å²) in [6.45, 7) is 2.10. The molecule has 2 fully saturated rings. The van der Waals surface area contributed by atoms with Crippen LogP contribution in [0.4, 0.5) is 0 Å². The Morgan fingerprint density at radius 3 is 2.59 bits per heavy atom. The second-order valence-electron chi connectivity index (χ2n) is 7.39. The number of carbonyl (C=O) groups excluding carboxylic acids is 2. The largest absolute Gasteiger partial charge is 0.355 e. The Kier molecular flexibility index (Phi) is 8.93. The number of thioether (sulfide) groups is 1. The molecule has 1 heterocycles. The second-order valence-corrected chi connectivity index (χ2v) is 8.41. The number of halogens is 1. The van der Waals surface area contributed by atoms with Gasteiger partial charge in [-0.3, -0.25) is 9.59 Å². The van der Waals surface area contributed by atoms with Gasteiger partial charge in [0.2, 0.25) is 5.91 Å². The zero-order chi connectivity index (χ0) is 18.4. The Bertz CT molecular complexity index is 637. The van der Waals surface area contributed by atoms with E-state index >= 15 is 0 Å². The molecular weight excluding hydrogens is 382 g/mol. The minimum absolute atomic E-state index is 0. The molecule has 1 saturated carbocycles. The van der Waals surface area contributed by atoms with Gasteiger partial charge in [-0.1, -0.05) is 31.4 Å². The number of nitrogens with two attached hydrogens (primary N) is 1. The van der Waals surface area contributed by atoms with Crippen LogP contribution in [0.15, 0.2) is 29.2 Å². The molecule has 0 aromatic heterocycles. The topological polar surface area (TPSA) is 75.4 Å². The summed E-state index contributed by atoms with van der Waals surface area (Å²) in [6, 6.07) is 7.62. The molecule has 7 heteroatoms. The highest BCUT2D eigenvalue weighted by atomic mass is 35.5. The maximum atomic E-state index is 12.7. The van der Waals surface area contributed by atoms with Crippen molar-refractivity contribution in [3.05, 3.63) is 29.8 Å². The Balaban J connectivity index is 0.00000261. The van der Waals surface area contributed by atoms with Crippen LogP contribution >= 0.6 is 24.2 Å². The first kappa shape index (κ1) is 22.1. The molecule has 1 aliphatic heterocycles. The van der Waals surface area contributed by atoms with Crippen molar-refractivity contribution in [2.45, 2.75) is 49.5 Å². The summed E-state index contributed by atoms with van der Waals surface area (Å²) in [4.78, 5) is 27.6. The Morgan fingerprint density at radius 2 is 1.89 bits per heavy atom. The second kappa shape index (κ2) is 10.9. The molecule has 1 aliphatic carbocycles. The van der Waals surface area contributed by atoms with Crippen molar-refractivity contribution in [1.29, 1.82) is 0 Å². The van der Waals surface area contributed by atoms with Crippen LogP contribution in [0.1, 0.15) is 48.9 Å². The van der Waals surface area contributed by atoms with Gasteiger partial charge >= 0.3 is 0 Å². The number of nitrogens with zero attached hydrogens (tertiary/aromatic N) is 1. The molecule has 1 aromatic rings. The van der Waals surface area contributed by atoms with Gasteiger partial charge in [-0.05, 0) is 37.3 Å². The Labute approximate surface area is 172 Å². The summed E-state index contributed by atoms with van der Waals surface area (Å²) < 4.78 is 0. The molecule has 0 bridgehead atoms. The number of nitrogens with one attached hydrogen (secondary N) is 1. The van der Waals surface area contributed by atoms with Gasteiger partial charge in [0.15, 0.2) is 0 Å². The van der Waals surface area contributed by atoms with Crippen molar-refractivity contribution in [3.8, 4) is 0 Å². The number of rotatable bonds is 6. The summed E-state index contributed by atoms with van der Waals surface area (Å²) in [5, 5.41) is 3.06. The van der Waals surface area contributed by atoms with Gasteiger partial charge in [0.25, 0.3) is 5.91 Å². The van der Waals surface area contributed by atoms with Gasteiger partial charge < -0.3 is 16.0 Å². The van der Waals surface area contributed by atoms with E-state index in [4.69, 9.17) is 5.73 Å². The number of likely N-dealkylation sites (tertiary alicyclic amines) is 1. The van der Waals surface area contributed by atoms with E-state index < -0.39 is 0 Å². The van der Waals surface area contributed by atoms with Crippen LogP contribution in [0.2, 0.25) is 0 Å². The molecule has 150 valence electrons. The van der Waals surface area contributed by atoms with Crippen molar-refractivity contribution in [2.75, 3.05) is 25.4 Å². The predicted octanol–water partition coefficient (Wildman–Crippen LogP) is 3.07. The fraction of sp³-hybridized carbons (Fsp3) is 0.600. The van der Waals surface area contributed by atoms with E-state index in [9.17, 15) is 9.59 Å². The molecule has 27 heavy (non-hydrogen) atoms. The maximum absolute atomic E-state index is 12.7. The third-order valence-corrected chi connectivity index (χ3v) is 6.37. The van der Waals surface area contributed by atoms with Crippen LogP contribution in [-0.2, 0) is 4.79 Å². The monoisotopic (exact) mass is 411 g/mol. The van der Waals surface area contributed by atoms with Crippen LogP contribution in [0, 0.1) is 5.92 Å². The number of amides is 2. The number of benzene rings is 1. The predicted molar refractivity (Wildman–Crippen MR) is 112 cm³/mol. The summed E-state index contributed by atoms with van der Waals surface area (Å²) in [5.41, 5.74) is 6.59. The molecule has 1 saturated heterocycles. The number of hydrogen-bond donors (Lipinski definition) is 2. The van der Waals surface area contributed by atoms with Crippen molar-refractivity contribution < 1.29 is 9.59 Å². The van der Waals surface area contributed by atoms with Crippen LogP contribution in [-0.4, -0.2) is 48.1 Å². The van der Waals surface area contributed by atoms with Crippen molar-refractivity contribution in [1.82, 2.24) is 10.2 Å². The van der Waals surface area contributed by atoms with Gasteiger partial charge in [-0.25, -0.2) is 0 Å². The van der Waals surface area contributed by atoms with E-state index in [0.29, 0.717) is 30.3 Å². The fourth-order valence-electron chi connectivity index (χ4n) is 3.76. The van der Waals surface area contributed by atoms with E-state index in [1.165, 1.54) is 43.9 Å². The van der Waals surface area contributed by atoms with E-state index in [0.717, 1.165) is 17.9 Å². The molecule has 0 unspecified atom stereocenters. The van der Waals surface area contributed by atoms with E-state index in [1.54, 1.807) is 0 Å². The number of hydrogen-bond acceptors (Lipinski definition) is 4. The zero-order valence-corrected chi connectivity index (χ0v) is 17.3. The first-order chi connectivity index (χ1) is 12.6. The molecule has 2 aliphatic rings. The molecule has 3 N–H and O–H groups in total. The average molecular weight is 412 g/mol. The highest BCUT2D eigenvalue weighted by Gasteiger charge is 2.26. The first-order valence-corrected chi connectivity index (χ1v) is 10.7. The van der Waals surface area contributed by atoms with Crippen molar-refractivity contribution in [3.63, 3.8) is 0 Å². The Hall–Kier alpha value is -1.24. The SMILES string of the molecule is Cl.N[C@@H]1CCN(C(=O)c2ccccc2SCC(=O)NCC2CCCCC2)C1. The lowest BCUT2D eigenvalue weighted by molar-refractivity contribution is -0.118. The van der Waals surface area contributed by atoms with Gasteiger partial charge in [-0.15, -0.1) is 24.2 Å². The minimum Gasteiger partial charge on any atom is -0.355 e. The smallest absolute Gasteiger partial charge is 0.255 e. The maximum Gasteiger partial charge on any atom is 0.255 e. The highest BCUT2D eigenvalue weighted by molar-refractivity contribution is 8.00. The molecule has 3 rings (SSSR count). The van der Waals surface area contributed by atoms with Gasteiger partial charge in [-0.2, -0.15) is 0 Å². The summed E-state index contributed by atoms with van der Waals surface area (Å²) in [5.74, 6) is 1.04. The lowest BCUT2D eigenvalue weighted by Crippen LogP contribution is -2.32. The van der Waals surface area contributed by atoms with Gasteiger partial charge in [0.05, 0.1) is 11.3 Å². The fourth-order valence-corrected chi connectivity index (χ4v) is 4.63. The summed E-state index contributed by atoms with van der Waals surface area (Å²) in [6.07, 6.45) is 7.19. The lowest BCUT2D eigenvalue weighted by Gasteiger charge is -2.21. The molecular formula is C20H30ClN3O2S. The van der Waals surface area contributed by atoms with Crippen molar-refractivity contribution >= 4 is 36.0 Å². The summed E-state index contributed by atoms with van der Waals surface area (Å²) in [7, 11) is 0. The van der Waals surface area contributed by atoms with Crippen LogP contribution in [0.3, 0.4) is 0 Å². The lowest BCUT2D eigenvalue weighted by atomic mass is 9.89. The molecule has 5 nitrogen and oxygen atoms in total. The van der Waals surface area contributed by atoms with E-state index in [-0.39, 0.29) is 30.3 Å². The minimum atomic E-state index is 0. The van der Waals surface area contributed by atoms with Crippen LogP contribution in [0.25, 0.3) is 0 Å². The normalized spacial score (nSPS) is 20.2.